The van der Waals surface area contributed by atoms with Crippen LogP contribution in [-0.4, -0.2) is 20.5 Å². The highest BCUT2D eigenvalue weighted by atomic mass is 32.2. The van der Waals surface area contributed by atoms with Crippen LogP contribution in [0.2, 0.25) is 0 Å². The van der Waals surface area contributed by atoms with Gasteiger partial charge in [0, 0.05) is 12.2 Å². The molecule has 2 rings (SSSR count). The Morgan fingerprint density at radius 1 is 1.29 bits per heavy atom. The lowest BCUT2D eigenvalue weighted by Crippen LogP contribution is -2.14. The summed E-state index contributed by atoms with van der Waals surface area (Å²) in [7, 11) is -2.33. The van der Waals surface area contributed by atoms with E-state index in [9.17, 15) is 8.42 Å². The maximum absolute atomic E-state index is 12.4. The summed E-state index contributed by atoms with van der Waals surface area (Å²) in [6.07, 6.45) is 1.47. The number of ether oxygens (including phenoxy) is 1. The molecular weight excluding hydrogens is 290 g/mol. The first-order chi connectivity index (χ1) is 9.96. The summed E-state index contributed by atoms with van der Waals surface area (Å²) in [5.41, 5.74) is 7.54. The van der Waals surface area contributed by atoms with E-state index in [0.29, 0.717) is 12.2 Å². The molecule has 21 heavy (non-hydrogen) atoms. The molecule has 0 aliphatic rings. The number of methoxy groups -OCH3 is 1. The summed E-state index contributed by atoms with van der Waals surface area (Å²) in [5.74, 6) is 0.255. The molecule has 0 aliphatic carbocycles. The lowest BCUT2D eigenvalue weighted by atomic mass is 10.2. The van der Waals surface area contributed by atoms with Crippen molar-refractivity contribution in [3.8, 4) is 5.75 Å². The van der Waals surface area contributed by atoms with Crippen LogP contribution < -0.4 is 15.2 Å². The van der Waals surface area contributed by atoms with E-state index in [-0.39, 0.29) is 10.6 Å². The molecule has 0 aliphatic heterocycles. The van der Waals surface area contributed by atoms with Gasteiger partial charge in [0.2, 0.25) is 0 Å². The monoisotopic (exact) mass is 307 g/mol. The Balaban J connectivity index is 2.37. The smallest absolute Gasteiger partial charge is 0.265 e. The quantitative estimate of drug-likeness (QED) is 0.876. The number of hydrogen-bond donors (Lipinski definition) is 2. The minimum Gasteiger partial charge on any atom is -0.495 e. The van der Waals surface area contributed by atoms with Crippen molar-refractivity contribution in [2.75, 3.05) is 11.8 Å². The van der Waals surface area contributed by atoms with E-state index in [1.807, 2.05) is 6.92 Å². The first kappa shape index (κ1) is 15.3. The molecule has 0 fully saturated rings. The topological polar surface area (TPSA) is 94.3 Å². The Morgan fingerprint density at radius 2 is 2.05 bits per heavy atom. The van der Waals surface area contributed by atoms with Crippen molar-refractivity contribution in [1.29, 1.82) is 0 Å². The number of sulfonamides is 1. The second kappa shape index (κ2) is 6.11. The van der Waals surface area contributed by atoms with Gasteiger partial charge in [-0.2, -0.15) is 0 Å². The number of nitrogens with one attached hydrogen (secondary N) is 1. The third-order valence-corrected chi connectivity index (χ3v) is 4.34. The molecule has 1 aromatic heterocycles. The molecule has 0 bridgehead atoms. The summed E-state index contributed by atoms with van der Waals surface area (Å²) >= 11 is 0. The standard InChI is InChI=1S/C14H17N3O3S/c1-10-3-5-12(9-16-10)17-21(18,19)14-6-4-11(8-15)7-13(14)20-2/h3-7,9,17H,8,15H2,1-2H3. The van der Waals surface area contributed by atoms with Crippen molar-refractivity contribution >= 4 is 15.7 Å². The fourth-order valence-electron chi connectivity index (χ4n) is 1.80. The molecule has 0 amide bonds. The Morgan fingerprint density at radius 3 is 2.62 bits per heavy atom. The van der Waals surface area contributed by atoms with Crippen LogP contribution in [0.25, 0.3) is 0 Å². The first-order valence-electron chi connectivity index (χ1n) is 6.28. The highest BCUT2D eigenvalue weighted by Crippen LogP contribution is 2.26. The predicted molar refractivity (Wildman–Crippen MR) is 80.7 cm³/mol. The summed E-state index contributed by atoms with van der Waals surface area (Å²) in [4.78, 5) is 4.11. The highest BCUT2D eigenvalue weighted by Gasteiger charge is 2.20. The molecule has 3 N–H and O–H groups in total. The van der Waals surface area contributed by atoms with Gasteiger partial charge in [0.15, 0.2) is 0 Å². The minimum atomic E-state index is -3.75. The third-order valence-electron chi connectivity index (χ3n) is 2.92. The molecule has 2 aromatic rings. The van der Waals surface area contributed by atoms with Gasteiger partial charge in [0.05, 0.1) is 19.0 Å². The molecule has 0 radical (unpaired) electrons. The minimum absolute atomic E-state index is 0.0581. The maximum atomic E-state index is 12.4. The van der Waals surface area contributed by atoms with Crippen molar-refractivity contribution in [3.63, 3.8) is 0 Å². The molecule has 6 nitrogen and oxygen atoms in total. The van der Waals surface area contributed by atoms with Crippen molar-refractivity contribution in [2.24, 2.45) is 5.73 Å². The van der Waals surface area contributed by atoms with Crippen molar-refractivity contribution in [1.82, 2.24) is 4.98 Å². The number of anilines is 1. The molecular formula is C14H17N3O3S. The van der Waals surface area contributed by atoms with Gasteiger partial charge >= 0.3 is 0 Å². The van der Waals surface area contributed by atoms with Crippen LogP contribution in [0.5, 0.6) is 5.75 Å². The van der Waals surface area contributed by atoms with Crippen molar-refractivity contribution < 1.29 is 13.2 Å². The molecule has 0 saturated heterocycles. The number of benzene rings is 1. The van der Waals surface area contributed by atoms with Gasteiger partial charge in [0.1, 0.15) is 10.6 Å². The van der Waals surface area contributed by atoms with Gasteiger partial charge in [-0.3, -0.25) is 9.71 Å². The maximum Gasteiger partial charge on any atom is 0.265 e. The van der Waals surface area contributed by atoms with Gasteiger partial charge in [0.25, 0.3) is 10.0 Å². The van der Waals surface area contributed by atoms with Crippen LogP contribution in [-0.2, 0) is 16.6 Å². The number of nitrogens with zero attached hydrogens (tertiary/aromatic N) is 1. The van der Waals surface area contributed by atoms with Crippen LogP contribution in [0.15, 0.2) is 41.4 Å². The van der Waals surface area contributed by atoms with E-state index in [0.717, 1.165) is 11.3 Å². The summed E-state index contributed by atoms with van der Waals surface area (Å²) < 4.78 is 32.4. The lowest BCUT2D eigenvalue weighted by molar-refractivity contribution is 0.402. The van der Waals surface area contributed by atoms with E-state index >= 15 is 0 Å². The summed E-state index contributed by atoms with van der Waals surface area (Å²) in [5, 5.41) is 0. The second-order valence-corrected chi connectivity index (χ2v) is 6.13. The van der Waals surface area contributed by atoms with Crippen LogP contribution in [0, 0.1) is 6.92 Å². The zero-order chi connectivity index (χ0) is 15.5. The third kappa shape index (κ3) is 3.50. The molecule has 0 unspecified atom stereocenters. The van der Waals surface area contributed by atoms with Crippen LogP contribution >= 0.6 is 0 Å². The van der Waals surface area contributed by atoms with Gasteiger partial charge in [-0.05, 0) is 36.8 Å². The van der Waals surface area contributed by atoms with Crippen LogP contribution in [0.1, 0.15) is 11.3 Å². The molecule has 0 saturated carbocycles. The molecule has 0 spiro atoms. The van der Waals surface area contributed by atoms with E-state index in [2.05, 4.69) is 9.71 Å². The molecule has 1 aromatic carbocycles. The van der Waals surface area contributed by atoms with E-state index < -0.39 is 10.0 Å². The summed E-state index contributed by atoms with van der Waals surface area (Å²) in [6.45, 7) is 2.14. The fourth-order valence-corrected chi connectivity index (χ4v) is 2.99. The molecule has 7 heteroatoms. The molecule has 1 heterocycles. The highest BCUT2D eigenvalue weighted by molar-refractivity contribution is 7.92. The largest absolute Gasteiger partial charge is 0.495 e. The molecule has 112 valence electrons. The number of nitrogens with two attached hydrogens (primary N) is 1. The van der Waals surface area contributed by atoms with Gasteiger partial charge in [-0.25, -0.2) is 8.42 Å². The molecule has 0 atom stereocenters. The Kier molecular flexibility index (Phi) is 4.44. The zero-order valence-electron chi connectivity index (χ0n) is 11.8. The number of aryl methyl sites for hydroxylation is 1. The number of aromatic nitrogens is 1. The van der Waals surface area contributed by atoms with Crippen LogP contribution in [0.4, 0.5) is 5.69 Å². The average molecular weight is 307 g/mol. The normalized spacial score (nSPS) is 11.2. The SMILES string of the molecule is COc1cc(CN)ccc1S(=O)(=O)Nc1ccc(C)nc1. The van der Waals surface area contributed by atoms with Gasteiger partial charge in [-0.1, -0.05) is 6.07 Å². The van der Waals surface area contributed by atoms with E-state index in [4.69, 9.17) is 10.5 Å². The Hall–Kier alpha value is -2.12. The Labute approximate surface area is 124 Å². The van der Waals surface area contributed by atoms with E-state index in [1.54, 1.807) is 24.3 Å². The zero-order valence-corrected chi connectivity index (χ0v) is 12.6. The second-order valence-electron chi connectivity index (χ2n) is 4.48. The first-order valence-corrected chi connectivity index (χ1v) is 7.77. The van der Waals surface area contributed by atoms with Crippen LogP contribution in [0.3, 0.4) is 0 Å². The average Bonchev–Trinajstić information content (AvgIpc) is 2.48. The van der Waals surface area contributed by atoms with Crippen molar-refractivity contribution in [2.45, 2.75) is 18.4 Å². The fraction of sp³-hybridized carbons (Fsp3) is 0.214. The number of pyridine rings is 1. The van der Waals surface area contributed by atoms with Crippen molar-refractivity contribution in [3.05, 3.63) is 47.8 Å². The number of rotatable bonds is 5. The lowest BCUT2D eigenvalue weighted by Gasteiger charge is -2.12. The number of hydrogen-bond acceptors (Lipinski definition) is 5. The summed E-state index contributed by atoms with van der Waals surface area (Å²) in [6, 6.07) is 8.13. The van der Waals surface area contributed by atoms with Gasteiger partial charge in [-0.15, -0.1) is 0 Å². The predicted octanol–water partition coefficient (Wildman–Crippen LogP) is 1.66. The van der Waals surface area contributed by atoms with Gasteiger partial charge < -0.3 is 10.5 Å². The Bertz CT molecular complexity index is 728. The van der Waals surface area contributed by atoms with E-state index in [1.165, 1.54) is 19.4 Å².